The van der Waals surface area contributed by atoms with Crippen LogP contribution >= 0.6 is 11.6 Å². The lowest BCUT2D eigenvalue weighted by molar-refractivity contribution is 0.154. The van der Waals surface area contributed by atoms with E-state index in [9.17, 15) is 21.9 Å². The molecule has 2 N–H and O–H groups in total. The summed E-state index contributed by atoms with van der Waals surface area (Å²) in [5.74, 6) is 0. The van der Waals surface area contributed by atoms with Gasteiger partial charge in [-0.05, 0) is 55.3 Å². The standard InChI is InChI=1S/C19H24ClN3O5S2/c1-22(2)30(27,28)17-8-6-16(7-9-17)29(25,26)21-18-12-14(20)5-10-19(18)23-11-3-4-15(24)13-23/h5-10,12,15,21,24H,3-4,11,13H2,1-2H3. The van der Waals surface area contributed by atoms with Crippen LogP contribution in [0.2, 0.25) is 5.02 Å². The second kappa shape index (κ2) is 8.72. The van der Waals surface area contributed by atoms with Crippen LogP contribution in [0.15, 0.2) is 52.3 Å². The van der Waals surface area contributed by atoms with E-state index in [1.54, 1.807) is 12.1 Å². The van der Waals surface area contributed by atoms with Crippen LogP contribution in [0, 0.1) is 0 Å². The molecule has 1 heterocycles. The summed E-state index contributed by atoms with van der Waals surface area (Å²) >= 11 is 6.09. The Bertz CT molecular complexity index is 1120. The van der Waals surface area contributed by atoms with Crippen LogP contribution in [0.5, 0.6) is 0 Å². The molecule has 1 aliphatic rings. The molecule has 164 valence electrons. The summed E-state index contributed by atoms with van der Waals surface area (Å²) in [5, 5.41) is 10.3. The largest absolute Gasteiger partial charge is 0.391 e. The van der Waals surface area contributed by atoms with Crippen molar-refractivity contribution in [3.8, 4) is 0 Å². The zero-order valence-electron chi connectivity index (χ0n) is 16.6. The summed E-state index contributed by atoms with van der Waals surface area (Å²) in [6.07, 6.45) is 1.01. The topological polar surface area (TPSA) is 107 Å². The molecule has 3 rings (SSSR count). The molecule has 0 amide bonds. The molecule has 1 unspecified atom stereocenters. The summed E-state index contributed by atoms with van der Waals surface area (Å²) in [7, 11) is -4.85. The normalized spacial score (nSPS) is 17.9. The number of sulfonamides is 2. The van der Waals surface area contributed by atoms with E-state index in [2.05, 4.69) is 4.72 Å². The van der Waals surface area contributed by atoms with E-state index in [1.165, 1.54) is 44.4 Å². The molecule has 0 aliphatic carbocycles. The molecule has 1 aliphatic heterocycles. The smallest absolute Gasteiger partial charge is 0.261 e. The molecular formula is C19H24ClN3O5S2. The summed E-state index contributed by atoms with van der Waals surface area (Å²) < 4.78 is 53.8. The average molecular weight is 474 g/mol. The second-order valence-electron chi connectivity index (χ2n) is 7.27. The van der Waals surface area contributed by atoms with Gasteiger partial charge < -0.3 is 10.0 Å². The third kappa shape index (κ3) is 4.89. The lowest BCUT2D eigenvalue weighted by atomic mass is 10.1. The number of piperidine rings is 1. The molecule has 0 aromatic heterocycles. The molecule has 0 radical (unpaired) electrons. The maximum absolute atomic E-state index is 12.9. The fourth-order valence-electron chi connectivity index (χ4n) is 3.24. The Balaban J connectivity index is 1.91. The van der Waals surface area contributed by atoms with Gasteiger partial charge in [0.15, 0.2) is 0 Å². The molecular weight excluding hydrogens is 450 g/mol. The van der Waals surface area contributed by atoms with Crippen LogP contribution in [0.4, 0.5) is 11.4 Å². The summed E-state index contributed by atoms with van der Waals surface area (Å²) in [6.45, 7) is 1.08. The first-order valence-corrected chi connectivity index (χ1v) is 12.6. The van der Waals surface area contributed by atoms with Gasteiger partial charge in [0.25, 0.3) is 10.0 Å². The maximum Gasteiger partial charge on any atom is 0.261 e. The van der Waals surface area contributed by atoms with Crippen LogP contribution in [-0.2, 0) is 20.0 Å². The van der Waals surface area contributed by atoms with Crippen molar-refractivity contribution >= 4 is 43.0 Å². The van der Waals surface area contributed by atoms with Gasteiger partial charge in [-0.15, -0.1) is 0 Å². The fourth-order valence-corrected chi connectivity index (χ4v) is 5.38. The minimum Gasteiger partial charge on any atom is -0.391 e. The van der Waals surface area contributed by atoms with Gasteiger partial charge in [0.2, 0.25) is 10.0 Å². The van der Waals surface area contributed by atoms with Crippen LogP contribution in [0.1, 0.15) is 12.8 Å². The Morgan fingerprint density at radius 1 is 1.07 bits per heavy atom. The molecule has 0 spiro atoms. The third-order valence-corrected chi connectivity index (χ3v) is 8.30. The molecule has 0 saturated carbocycles. The number of aliphatic hydroxyl groups excluding tert-OH is 1. The first kappa shape index (κ1) is 22.8. The summed E-state index contributed by atoms with van der Waals surface area (Å²) in [5.41, 5.74) is 0.912. The quantitative estimate of drug-likeness (QED) is 0.666. The number of hydrogen-bond donors (Lipinski definition) is 2. The van der Waals surface area contributed by atoms with Crippen LogP contribution in [0.25, 0.3) is 0 Å². The number of nitrogens with zero attached hydrogens (tertiary/aromatic N) is 2. The molecule has 11 heteroatoms. The van der Waals surface area contributed by atoms with Crippen molar-refractivity contribution in [2.75, 3.05) is 36.8 Å². The molecule has 2 aromatic carbocycles. The van der Waals surface area contributed by atoms with Gasteiger partial charge in [0.1, 0.15) is 0 Å². The number of β-amino-alcohol motifs (C(OH)–C–C–N with tert-alkyl or cyclic N) is 1. The molecule has 2 aromatic rings. The van der Waals surface area contributed by atoms with E-state index in [4.69, 9.17) is 11.6 Å². The highest BCUT2D eigenvalue weighted by Gasteiger charge is 2.24. The van der Waals surface area contributed by atoms with Crippen molar-refractivity contribution < 1.29 is 21.9 Å². The van der Waals surface area contributed by atoms with Gasteiger partial charge in [-0.1, -0.05) is 11.6 Å². The van der Waals surface area contributed by atoms with Gasteiger partial charge in [0, 0.05) is 32.2 Å². The zero-order chi connectivity index (χ0) is 22.1. The molecule has 30 heavy (non-hydrogen) atoms. The first-order valence-electron chi connectivity index (χ1n) is 9.29. The third-order valence-electron chi connectivity index (χ3n) is 4.85. The Kier molecular flexibility index (Phi) is 6.63. The maximum atomic E-state index is 12.9. The van der Waals surface area contributed by atoms with E-state index in [1.807, 2.05) is 4.90 Å². The van der Waals surface area contributed by atoms with Crippen molar-refractivity contribution in [2.45, 2.75) is 28.7 Å². The van der Waals surface area contributed by atoms with Gasteiger partial charge in [0.05, 0.1) is 27.3 Å². The minimum absolute atomic E-state index is 0.00259. The molecule has 1 fully saturated rings. The average Bonchev–Trinajstić information content (AvgIpc) is 2.68. The van der Waals surface area contributed by atoms with E-state index in [0.29, 0.717) is 35.9 Å². The van der Waals surface area contributed by atoms with Crippen molar-refractivity contribution in [1.82, 2.24) is 4.31 Å². The van der Waals surface area contributed by atoms with Crippen molar-refractivity contribution in [1.29, 1.82) is 0 Å². The number of aliphatic hydroxyl groups is 1. The second-order valence-corrected chi connectivity index (χ2v) is 11.5. The van der Waals surface area contributed by atoms with Crippen LogP contribution < -0.4 is 9.62 Å². The first-order chi connectivity index (χ1) is 14.0. The predicted molar refractivity (Wildman–Crippen MR) is 117 cm³/mol. The van der Waals surface area contributed by atoms with E-state index < -0.39 is 26.2 Å². The number of hydrogen-bond acceptors (Lipinski definition) is 6. The predicted octanol–water partition coefficient (Wildman–Crippen LogP) is 2.35. The molecule has 8 nitrogen and oxygen atoms in total. The molecule has 1 saturated heterocycles. The number of halogens is 1. The summed E-state index contributed by atoms with van der Waals surface area (Å²) in [6, 6.07) is 9.89. The van der Waals surface area contributed by atoms with Gasteiger partial charge in [-0.25, -0.2) is 21.1 Å². The Morgan fingerprint density at radius 2 is 1.70 bits per heavy atom. The zero-order valence-corrected chi connectivity index (χ0v) is 19.0. The van der Waals surface area contributed by atoms with Gasteiger partial charge in [-0.3, -0.25) is 4.72 Å². The van der Waals surface area contributed by atoms with E-state index >= 15 is 0 Å². The monoisotopic (exact) mass is 473 g/mol. The fraction of sp³-hybridized carbons (Fsp3) is 0.368. The van der Waals surface area contributed by atoms with E-state index in [0.717, 1.165) is 10.7 Å². The van der Waals surface area contributed by atoms with Crippen molar-refractivity contribution in [3.05, 3.63) is 47.5 Å². The highest BCUT2D eigenvalue weighted by Crippen LogP contribution is 2.33. The Hall–Kier alpha value is -1.85. The number of nitrogens with one attached hydrogen (secondary N) is 1. The van der Waals surface area contributed by atoms with Crippen molar-refractivity contribution in [3.63, 3.8) is 0 Å². The SMILES string of the molecule is CN(C)S(=O)(=O)c1ccc(S(=O)(=O)Nc2cc(Cl)ccc2N2CCCC(O)C2)cc1. The highest BCUT2D eigenvalue weighted by atomic mass is 35.5. The lowest BCUT2D eigenvalue weighted by Crippen LogP contribution is -2.38. The van der Waals surface area contributed by atoms with Gasteiger partial charge >= 0.3 is 0 Å². The number of benzene rings is 2. The molecule has 0 bridgehead atoms. The van der Waals surface area contributed by atoms with E-state index in [-0.39, 0.29) is 9.79 Å². The summed E-state index contributed by atoms with van der Waals surface area (Å²) in [4.78, 5) is 1.83. The number of anilines is 2. The Morgan fingerprint density at radius 3 is 2.30 bits per heavy atom. The minimum atomic E-state index is -3.99. The van der Waals surface area contributed by atoms with Crippen LogP contribution in [0.3, 0.4) is 0 Å². The number of rotatable bonds is 6. The lowest BCUT2D eigenvalue weighted by Gasteiger charge is -2.33. The molecule has 1 atom stereocenters. The highest BCUT2D eigenvalue weighted by molar-refractivity contribution is 7.92. The van der Waals surface area contributed by atoms with Gasteiger partial charge in [-0.2, -0.15) is 0 Å². The van der Waals surface area contributed by atoms with Crippen LogP contribution in [-0.4, -0.2) is 59.5 Å². The van der Waals surface area contributed by atoms with Crippen molar-refractivity contribution in [2.24, 2.45) is 0 Å². The Labute approximate surface area is 182 Å².